The summed E-state index contributed by atoms with van der Waals surface area (Å²) in [5, 5.41) is 12.1. The fourth-order valence-corrected chi connectivity index (χ4v) is 4.97. The largest absolute Gasteiger partial charge is 0.369 e. The van der Waals surface area contributed by atoms with Crippen molar-refractivity contribution >= 4 is 51.4 Å². The maximum Gasteiger partial charge on any atom is 0.282 e. The van der Waals surface area contributed by atoms with E-state index in [-0.39, 0.29) is 11.1 Å². The van der Waals surface area contributed by atoms with Gasteiger partial charge in [0, 0.05) is 49.9 Å². The van der Waals surface area contributed by atoms with Crippen molar-refractivity contribution in [3.05, 3.63) is 93.5 Å². The predicted molar refractivity (Wildman–Crippen MR) is 151 cm³/mol. The number of pyridine rings is 1. The number of fused-ring (bicyclic) bond motifs is 1. The van der Waals surface area contributed by atoms with E-state index in [1.54, 1.807) is 36.5 Å². The lowest BCUT2D eigenvalue weighted by atomic mass is 10.2. The van der Waals surface area contributed by atoms with Gasteiger partial charge < -0.3 is 15.5 Å². The number of hydrogen-bond donors (Lipinski definition) is 2. The first-order chi connectivity index (χ1) is 18.6. The molecule has 2 aromatic carbocycles. The molecule has 0 unspecified atom stereocenters. The quantitative estimate of drug-likeness (QED) is 0.328. The lowest BCUT2D eigenvalue weighted by molar-refractivity contribution is 0.589. The summed E-state index contributed by atoms with van der Waals surface area (Å²) >= 11 is 12.8. The summed E-state index contributed by atoms with van der Waals surface area (Å²) in [4.78, 5) is 29.4. The maximum atomic E-state index is 13.5. The Morgan fingerprint density at radius 3 is 2.37 bits per heavy atom. The highest BCUT2D eigenvalue weighted by Crippen LogP contribution is 2.29. The van der Waals surface area contributed by atoms with E-state index in [2.05, 4.69) is 47.7 Å². The Balaban J connectivity index is 1.43. The van der Waals surface area contributed by atoms with Gasteiger partial charge >= 0.3 is 0 Å². The average molecular weight is 545 g/mol. The zero-order valence-corrected chi connectivity index (χ0v) is 21.6. The molecule has 1 aliphatic heterocycles. The van der Waals surface area contributed by atoms with Gasteiger partial charge in [0.25, 0.3) is 5.56 Å². The van der Waals surface area contributed by atoms with E-state index in [9.17, 15) is 4.79 Å². The third-order valence-electron chi connectivity index (χ3n) is 6.30. The van der Waals surface area contributed by atoms with Crippen LogP contribution in [-0.2, 0) is 0 Å². The number of anilines is 3. The van der Waals surface area contributed by atoms with Crippen molar-refractivity contribution in [2.45, 2.75) is 0 Å². The molecule has 0 spiro atoms. The van der Waals surface area contributed by atoms with Crippen LogP contribution in [0.3, 0.4) is 0 Å². The monoisotopic (exact) mass is 544 g/mol. The standard InChI is InChI=1S/C27H22Cl2N8O/c28-20-4-3-5-21(29)25(20)37-26(38)19-16-32-27(34-23(19)24(35-37)22-6-1-2-11-31-22)33-17-7-9-18(10-8-17)36-14-12-30-13-15-36/h1-11,16,30H,12-15H2,(H,32,33,34). The normalized spacial score (nSPS) is 13.6. The molecule has 0 radical (unpaired) electrons. The molecule has 11 heteroatoms. The molecular weight excluding hydrogens is 523 g/mol. The molecule has 0 aliphatic carbocycles. The first-order valence-electron chi connectivity index (χ1n) is 12.1. The van der Waals surface area contributed by atoms with Crippen molar-refractivity contribution in [3.8, 4) is 17.1 Å². The predicted octanol–water partition coefficient (Wildman–Crippen LogP) is 4.70. The summed E-state index contributed by atoms with van der Waals surface area (Å²) < 4.78 is 1.18. The van der Waals surface area contributed by atoms with Crippen molar-refractivity contribution in [2.75, 3.05) is 36.4 Å². The van der Waals surface area contributed by atoms with E-state index in [4.69, 9.17) is 23.2 Å². The fraction of sp³-hybridized carbons (Fsp3) is 0.148. The van der Waals surface area contributed by atoms with Gasteiger partial charge in [0.15, 0.2) is 0 Å². The molecule has 6 rings (SSSR count). The van der Waals surface area contributed by atoms with E-state index < -0.39 is 5.56 Å². The number of para-hydroxylation sites is 1. The minimum Gasteiger partial charge on any atom is -0.369 e. The Hall–Kier alpha value is -4.05. The zero-order valence-electron chi connectivity index (χ0n) is 20.1. The van der Waals surface area contributed by atoms with E-state index >= 15 is 0 Å². The van der Waals surface area contributed by atoms with Crippen molar-refractivity contribution in [2.24, 2.45) is 0 Å². The van der Waals surface area contributed by atoms with Crippen LogP contribution < -0.4 is 21.1 Å². The topological polar surface area (TPSA) is 101 Å². The number of piperazine rings is 1. The van der Waals surface area contributed by atoms with Crippen molar-refractivity contribution < 1.29 is 0 Å². The molecule has 0 bridgehead atoms. The average Bonchev–Trinajstić information content (AvgIpc) is 2.95. The molecule has 9 nitrogen and oxygen atoms in total. The molecule has 5 aromatic rings. The number of nitrogens with zero attached hydrogens (tertiary/aromatic N) is 6. The summed E-state index contributed by atoms with van der Waals surface area (Å²) in [6.07, 6.45) is 3.14. The minimum absolute atomic E-state index is 0.260. The second-order valence-electron chi connectivity index (χ2n) is 8.72. The van der Waals surface area contributed by atoms with Gasteiger partial charge in [-0.2, -0.15) is 9.78 Å². The van der Waals surface area contributed by atoms with Gasteiger partial charge in [0.2, 0.25) is 5.95 Å². The van der Waals surface area contributed by atoms with Crippen molar-refractivity contribution in [1.82, 2.24) is 30.0 Å². The van der Waals surface area contributed by atoms with Crippen molar-refractivity contribution in [3.63, 3.8) is 0 Å². The fourth-order valence-electron chi connectivity index (χ4n) is 4.41. The molecule has 0 atom stereocenters. The Labute approximate surface area is 228 Å². The number of benzene rings is 2. The molecule has 1 saturated heterocycles. The van der Waals surface area contributed by atoms with Crippen molar-refractivity contribution in [1.29, 1.82) is 0 Å². The van der Waals surface area contributed by atoms with Crippen LogP contribution in [0.5, 0.6) is 0 Å². The van der Waals surface area contributed by atoms with Gasteiger partial charge in [0.1, 0.15) is 16.9 Å². The Bertz CT molecular complexity index is 1650. The van der Waals surface area contributed by atoms with Crippen LogP contribution in [0.25, 0.3) is 28.0 Å². The molecule has 190 valence electrons. The molecule has 0 saturated carbocycles. The first-order valence-corrected chi connectivity index (χ1v) is 12.8. The van der Waals surface area contributed by atoms with Gasteiger partial charge in [-0.3, -0.25) is 9.78 Å². The van der Waals surface area contributed by atoms with E-state index in [0.29, 0.717) is 32.9 Å². The highest BCUT2D eigenvalue weighted by Gasteiger charge is 2.20. The number of halogens is 2. The highest BCUT2D eigenvalue weighted by molar-refractivity contribution is 6.37. The van der Waals surface area contributed by atoms with Gasteiger partial charge in [-0.1, -0.05) is 35.3 Å². The van der Waals surface area contributed by atoms with Crippen LogP contribution >= 0.6 is 23.2 Å². The SMILES string of the molecule is O=c1c2cnc(Nc3ccc(N4CCNCC4)cc3)nc2c(-c2ccccn2)nn1-c1c(Cl)cccc1Cl. The number of rotatable bonds is 5. The van der Waals surface area contributed by atoms with Gasteiger partial charge in [-0.05, 0) is 48.5 Å². The smallest absolute Gasteiger partial charge is 0.282 e. The van der Waals surface area contributed by atoms with Crippen LogP contribution in [0.2, 0.25) is 10.0 Å². The summed E-state index contributed by atoms with van der Waals surface area (Å²) in [6, 6.07) is 18.6. The van der Waals surface area contributed by atoms with Crippen LogP contribution in [0.15, 0.2) is 77.9 Å². The molecule has 38 heavy (non-hydrogen) atoms. The summed E-state index contributed by atoms with van der Waals surface area (Å²) in [5.74, 6) is 0.333. The second-order valence-corrected chi connectivity index (χ2v) is 9.53. The molecule has 1 aliphatic rings. The summed E-state index contributed by atoms with van der Waals surface area (Å²) in [6.45, 7) is 3.89. The number of hydrogen-bond acceptors (Lipinski definition) is 8. The maximum absolute atomic E-state index is 13.5. The Morgan fingerprint density at radius 2 is 1.66 bits per heavy atom. The van der Waals surface area contributed by atoms with E-state index in [0.717, 1.165) is 37.6 Å². The second kappa shape index (κ2) is 10.4. The molecule has 4 heterocycles. The van der Waals surface area contributed by atoms with Gasteiger partial charge in [-0.15, -0.1) is 0 Å². The van der Waals surface area contributed by atoms with Crippen LogP contribution in [-0.4, -0.2) is 50.9 Å². The number of nitrogens with one attached hydrogen (secondary N) is 2. The lowest BCUT2D eigenvalue weighted by Gasteiger charge is -2.29. The van der Waals surface area contributed by atoms with Crippen LogP contribution in [0.4, 0.5) is 17.3 Å². The third-order valence-corrected chi connectivity index (χ3v) is 6.91. The summed E-state index contributed by atoms with van der Waals surface area (Å²) in [7, 11) is 0. The molecule has 2 N–H and O–H groups in total. The van der Waals surface area contributed by atoms with Crippen LogP contribution in [0.1, 0.15) is 0 Å². The van der Waals surface area contributed by atoms with Gasteiger partial charge in [0.05, 0.1) is 21.1 Å². The Morgan fingerprint density at radius 1 is 0.895 bits per heavy atom. The minimum atomic E-state index is -0.443. The molecule has 0 amide bonds. The zero-order chi connectivity index (χ0) is 26.1. The Kier molecular flexibility index (Phi) is 6.63. The molecule has 1 fully saturated rings. The van der Waals surface area contributed by atoms with E-state index in [1.807, 2.05) is 18.2 Å². The third kappa shape index (κ3) is 4.67. The van der Waals surface area contributed by atoms with E-state index in [1.165, 1.54) is 10.9 Å². The molecule has 3 aromatic heterocycles. The lowest BCUT2D eigenvalue weighted by Crippen LogP contribution is -2.43. The first kappa shape index (κ1) is 24.3. The van der Waals surface area contributed by atoms with Crippen LogP contribution in [0, 0.1) is 0 Å². The number of aromatic nitrogens is 5. The van der Waals surface area contributed by atoms with Gasteiger partial charge in [-0.25, -0.2) is 9.97 Å². The molecular formula is C27H22Cl2N8O. The highest BCUT2D eigenvalue weighted by atomic mass is 35.5. The summed E-state index contributed by atoms with van der Waals surface area (Å²) in [5.41, 5.74) is 3.13.